The molecule has 1 aromatic carbocycles. The Kier molecular flexibility index (Phi) is 2.57. The number of carbonyl (C=O) groups is 2. The second-order valence-corrected chi connectivity index (χ2v) is 4.21. The van der Waals surface area contributed by atoms with E-state index in [9.17, 15) is 14.0 Å². The topological polar surface area (TPSA) is 87.8 Å². The van der Waals surface area contributed by atoms with Crippen LogP contribution in [0.15, 0.2) is 30.5 Å². The summed E-state index contributed by atoms with van der Waals surface area (Å²) in [7, 11) is 0. The van der Waals surface area contributed by atoms with E-state index >= 15 is 0 Å². The van der Waals surface area contributed by atoms with Crippen LogP contribution in [0.4, 0.5) is 10.2 Å². The van der Waals surface area contributed by atoms with Gasteiger partial charge in [0.25, 0.3) is 5.91 Å². The number of nitrogens with zero attached hydrogens (tertiary/aromatic N) is 3. The van der Waals surface area contributed by atoms with Gasteiger partial charge in [-0.1, -0.05) is 18.2 Å². The van der Waals surface area contributed by atoms with E-state index in [-0.39, 0.29) is 16.9 Å². The minimum Gasteiger partial charge on any atom is -0.308 e. The van der Waals surface area contributed by atoms with Gasteiger partial charge in [-0.2, -0.15) is 15.0 Å². The molecule has 0 saturated heterocycles. The molecule has 98 valence electrons. The van der Waals surface area contributed by atoms with Crippen molar-refractivity contribution in [2.24, 2.45) is 0 Å². The van der Waals surface area contributed by atoms with E-state index in [1.54, 1.807) is 0 Å². The van der Waals surface area contributed by atoms with E-state index in [0.29, 0.717) is 0 Å². The summed E-state index contributed by atoms with van der Waals surface area (Å²) in [5.74, 6) is -3.29. The zero-order valence-corrected chi connectivity index (χ0v) is 10.0. The van der Waals surface area contributed by atoms with Gasteiger partial charge in [-0.25, -0.2) is 4.39 Å². The molecule has 1 aliphatic heterocycles. The van der Waals surface area contributed by atoms with E-state index in [0.717, 1.165) is 4.68 Å². The van der Waals surface area contributed by atoms with Crippen molar-refractivity contribution < 1.29 is 14.0 Å². The quantitative estimate of drug-likeness (QED) is 0.790. The molecule has 1 aromatic heterocycles. The average Bonchev–Trinajstić information content (AvgIpc) is 2.84. The normalized spacial score (nSPS) is 17.3. The van der Waals surface area contributed by atoms with E-state index in [1.165, 1.54) is 30.5 Å². The number of benzene rings is 1. The third-order valence-electron chi connectivity index (χ3n) is 3.07. The van der Waals surface area contributed by atoms with Gasteiger partial charge in [-0.05, 0) is 6.07 Å². The molecule has 7 heteroatoms. The van der Waals surface area contributed by atoms with Gasteiger partial charge in [-0.3, -0.25) is 9.59 Å². The molecule has 6 nitrogen and oxygen atoms in total. The van der Waals surface area contributed by atoms with E-state index in [2.05, 4.69) is 10.4 Å². The van der Waals surface area contributed by atoms with Gasteiger partial charge in [0.1, 0.15) is 23.4 Å². The van der Waals surface area contributed by atoms with E-state index in [4.69, 9.17) is 5.26 Å². The van der Waals surface area contributed by atoms with Crippen molar-refractivity contribution in [1.82, 2.24) is 9.78 Å². The number of nitrogens with one attached hydrogen (secondary N) is 1. The first kappa shape index (κ1) is 12.0. The molecule has 2 heterocycles. The molecule has 0 fully saturated rings. The van der Waals surface area contributed by atoms with Crippen molar-refractivity contribution in [3.8, 4) is 6.07 Å². The van der Waals surface area contributed by atoms with Crippen LogP contribution >= 0.6 is 0 Å². The Balaban J connectivity index is 2.13. The monoisotopic (exact) mass is 270 g/mol. The number of aromatic nitrogens is 2. The van der Waals surface area contributed by atoms with E-state index in [1.807, 2.05) is 6.07 Å². The standard InChI is InChI=1S/C13H7FN4O2/c14-9-4-2-1-3-8(9)10-12(19)17-11-7(5-15)6-16-18(11)13(10)20/h1-4,6,10H,(H,17,19). The Morgan fingerprint density at radius 1 is 1.35 bits per heavy atom. The summed E-state index contributed by atoms with van der Waals surface area (Å²) in [6, 6.07) is 7.38. The molecule has 1 unspecified atom stereocenters. The Morgan fingerprint density at radius 2 is 2.10 bits per heavy atom. The molecule has 0 aliphatic carbocycles. The number of fused-ring (bicyclic) bond motifs is 1. The van der Waals surface area contributed by atoms with Crippen LogP contribution in [0.1, 0.15) is 21.8 Å². The summed E-state index contributed by atoms with van der Waals surface area (Å²) in [5.41, 5.74) is 0.0633. The molecule has 0 bridgehead atoms. The van der Waals surface area contributed by atoms with Crippen molar-refractivity contribution >= 4 is 17.6 Å². The summed E-state index contributed by atoms with van der Waals surface area (Å²) >= 11 is 0. The van der Waals surface area contributed by atoms with Gasteiger partial charge in [0, 0.05) is 5.56 Å². The molecule has 20 heavy (non-hydrogen) atoms. The maximum absolute atomic E-state index is 13.8. The fraction of sp³-hybridized carbons (Fsp3) is 0.0769. The Labute approximate surface area is 112 Å². The van der Waals surface area contributed by atoms with Gasteiger partial charge in [-0.15, -0.1) is 0 Å². The summed E-state index contributed by atoms with van der Waals surface area (Å²) in [6.45, 7) is 0. The number of hydrogen-bond donors (Lipinski definition) is 1. The predicted octanol–water partition coefficient (Wildman–Crippen LogP) is 1.27. The Morgan fingerprint density at radius 3 is 2.80 bits per heavy atom. The SMILES string of the molecule is N#Cc1cnn2c1NC(=O)C(c1ccccc1F)C2=O. The highest BCUT2D eigenvalue weighted by molar-refractivity contribution is 6.16. The highest BCUT2D eigenvalue weighted by atomic mass is 19.1. The lowest BCUT2D eigenvalue weighted by atomic mass is 9.95. The van der Waals surface area contributed by atoms with Crippen LogP contribution in [0.5, 0.6) is 0 Å². The third kappa shape index (κ3) is 1.59. The Bertz CT molecular complexity index is 775. The first-order chi connectivity index (χ1) is 9.63. The highest BCUT2D eigenvalue weighted by Gasteiger charge is 2.38. The molecule has 0 saturated carbocycles. The molecule has 2 aromatic rings. The fourth-order valence-corrected chi connectivity index (χ4v) is 2.12. The largest absolute Gasteiger partial charge is 0.308 e. The van der Waals surface area contributed by atoms with Crippen molar-refractivity contribution in [1.29, 1.82) is 5.26 Å². The summed E-state index contributed by atoms with van der Waals surface area (Å²) in [4.78, 5) is 24.3. The van der Waals surface area contributed by atoms with Gasteiger partial charge >= 0.3 is 0 Å². The molecule has 1 atom stereocenters. The smallest absolute Gasteiger partial charge is 0.265 e. The lowest BCUT2D eigenvalue weighted by molar-refractivity contribution is -0.117. The summed E-state index contributed by atoms with van der Waals surface area (Å²) in [5, 5.41) is 15.0. The summed E-state index contributed by atoms with van der Waals surface area (Å²) in [6.07, 6.45) is 1.18. The Hall–Kier alpha value is -3.01. The summed E-state index contributed by atoms with van der Waals surface area (Å²) < 4.78 is 14.7. The van der Waals surface area contributed by atoms with Gasteiger partial charge in [0.2, 0.25) is 5.91 Å². The molecular formula is C13H7FN4O2. The lowest BCUT2D eigenvalue weighted by Crippen LogP contribution is -2.38. The van der Waals surface area contributed by atoms with Gasteiger partial charge < -0.3 is 5.32 Å². The molecule has 3 rings (SSSR count). The maximum Gasteiger partial charge on any atom is 0.265 e. The van der Waals surface area contributed by atoms with Crippen LogP contribution in [0, 0.1) is 17.1 Å². The second-order valence-electron chi connectivity index (χ2n) is 4.21. The molecule has 0 spiro atoms. The first-order valence-corrected chi connectivity index (χ1v) is 5.71. The maximum atomic E-state index is 13.8. The van der Waals surface area contributed by atoms with Gasteiger partial charge in [0.15, 0.2) is 5.82 Å². The molecule has 1 amide bonds. The number of rotatable bonds is 1. The second kappa shape index (κ2) is 4.28. The van der Waals surface area contributed by atoms with Crippen LogP contribution in [0.25, 0.3) is 0 Å². The number of amides is 1. The van der Waals surface area contributed by atoms with Crippen LogP contribution in [-0.2, 0) is 4.79 Å². The number of anilines is 1. The molecule has 1 aliphatic rings. The molecule has 0 radical (unpaired) electrons. The molecule has 1 N–H and O–H groups in total. The van der Waals surface area contributed by atoms with Gasteiger partial charge in [0.05, 0.1) is 6.20 Å². The number of halogens is 1. The minimum atomic E-state index is -1.31. The number of carbonyl (C=O) groups excluding carboxylic acids is 2. The zero-order valence-electron chi connectivity index (χ0n) is 10.0. The average molecular weight is 270 g/mol. The fourth-order valence-electron chi connectivity index (χ4n) is 2.12. The van der Waals surface area contributed by atoms with Crippen molar-refractivity contribution in [2.45, 2.75) is 5.92 Å². The number of nitriles is 1. The highest BCUT2D eigenvalue weighted by Crippen LogP contribution is 2.29. The van der Waals surface area contributed by atoms with Crippen LogP contribution in [0.3, 0.4) is 0 Å². The van der Waals surface area contributed by atoms with Crippen LogP contribution < -0.4 is 5.32 Å². The van der Waals surface area contributed by atoms with Crippen molar-refractivity contribution in [3.63, 3.8) is 0 Å². The first-order valence-electron chi connectivity index (χ1n) is 5.71. The van der Waals surface area contributed by atoms with Crippen molar-refractivity contribution in [3.05, 3.63) is 47.4 Å². The van der Waals surface area contributed by atoms with E-state index < -0.39 is 23.5 Å². The number of hydrogen-bond acceptors (Lipinski definition) is 4. The van der Waals surface area contributed by atoms with Crippen molar-refractivity contribution in [2.75, 3.05) is 5.32 Å². The predicted molar refractivity (Wildman–Crippen MR) is 65.3 cm³/mol. The minimum absolute atomic E-state index is 0.0188. The zero-order chi connectivity index (χ0) is 14.3. The van der Waals surface area contributed by atoms with Crippen LogP contribution in [0.2, 0.25) is 0 Å². The third-order valence-corrected chi connectivity index (χ3v) is 3.07. The lowest BCUT2D eigenvalue weighted by Gasteiger charge is -2.22. The van der Waals surface area contributed by atoms with Crippen LogP contribution in [-0.4, -0.2) is 21.6 Å². The molecular weight excluding hydrogens is 263 g/mol.